The van der Waals surface area contributed by atoms with Gasteiger partial charge < -0.3 is 14.4 Å². The van der Waals surface area contributed by atoms with Gasteiger partial charge in [0.2, 0.25) is 5.91 Å². The number of para-hydroxylation sites is 2. The number of carbonyl (C=O) groups is 1. The van der Waals surface area contributed by atoms with Crippen molar-refractivity contribution in [2.24, 2.45) is 11.8 Å². The molecule has 0 aliphatic carbocycles. The molecule has 0 spiro atoms. The number of nitrogens with zero attached hydrogens (tertiary/aromatic N) is 1. The molecule has 0 atom stereocenters. The quantitative estimate of drug-likeness (QED) is 0.612. The molecule has 130 valence electrons. The number of benzene rings is 1. The van der Waals surface area contributed by atoms with Gasteiger partial charge in [-0.2, -0.15) is 0 Å². The third kappa shape index (κ3) is 7.40. The maximum absolute atomic E-state index is 12.4. The van der Waals surface area contributed by atoms with Crippen LogP contribution in [0, 0.1) is 11.8 Å². The largest absolute Gasteiger partial charge is 0.493 e. The highest BCUT2D eigenvalue weighted by Gasteiger charge is 2.16. The molecule has 1 amide bonds. The highest BCUT2D eigenvalue weighted by atomic mass is 16.5. The predicted octanol–water partition coefficient (Wildman–Crippen LogP) is 3.99. The van der Waals surface area contributed by atoms with Gasteiger partial charge in [-0.1, -0.05) is 39.8 Å². The summed E-state index contributed by atoms with van der Waals surface area (Å²) in [5.74, 6) is 2.64. The summed E-state index contributed by atoms with van der Waals surface area (Å²) in [7, 11) is 1.63. The van der Waals surface area contributed by atoms with E-state index in [2.05, 4.69) is 27.7 Å². The van der Waals surface area contributed by atoms with E-state index < -0.39 is 0 Å². The fourth-order valence-corrected chi connectivity index (χ4v) is 2.46. The second kappa shape index (κ2) is 10.1. The number of hydrogen-bond donors (Lipinski definition) is 0. The molecule has 0 saturated carbocycles. The number of amides is 1. The van der Waals surface area contributed by atoms with Gasteiger partial charge in [0.05, 0.1) is 13.7 Å². The average Bonchev–Trinajstić information content (AvgIpc) is 2.50. The van der Waals surface area contributed by atoms with Gasteiger partial charge in [-0.25, -0.2) is 0 Å². The standard InChI is InChI=1S/C19H31NO3/c1-15(2)13-20(14-16(3)4)19(21)11-8-12-23-18-10-7-6-9-17(18)22-5/h6-7,9-10,15-16H,8,11-14H2,1-5H3. The summed E-state index contributed by atoms with van der Waals surface area (Å²) < 4.78 is 11.0. The van der Waals surface area contributed by atoms with Crippen molar-refractivity contribution in [3.63, 3.8) is 0 Å². The van der Waals surface area contributed by atoms with Crippen LogP contribution in [0.3, 0.4) is 0 Å². The topological polar surface area (TPSA) is 38.8 Å². The van der Waals surface area contributed by atoms with Crippen molar-refractivity contribution < 1.29 is 14.3 Å². The third-order valence-corrected chi connectivity index (χ3v) is 3.39. The SMILES string of the molecule is COc1ccccc1OCCCC(=O)N(CC(C)C)CC(C)C. The zero-order valence-corrected chi connectivity index (χ0v) is 15.2. The van der Waals surface area contributed by atoms with Gasteiger partial charge in [-0.15, -0.1) is 0 Å². The van der Waals surface area contributed by atoms with Crippen LogP contribution in [0.4, 0.5) is 0 Å². The van der Waals surface area contributed by atoms with E-state index in [0.717, 1.165) is 24.6 Å². The summed E-state index contributed by atoms with van der Waals surface area (Å²) in [5.41, 5.74) is 0. The van der Waals surface area contributed by atoms with Crippen molar-refractivity contribution in [3.05, 3.63) is 24.3 Å². The minimum absolute atomic E-state index is 0.219. The lowest BCUT2D eigenvalue weighted by atomic mass is 10.1. The van der Waals surface area contributed by atoms with Gasteiger partial charge in [-0.05, 0) is 30.4 Å². The molecule has 0 aromatic heterocycles. The zero-order chi connectivity index (χ0) is 17.2. The lowest BCUT2D eigenvalue weighted by Crippen LogP contribution is -2.37. The first-order valence-electron chi connectivity index (χ1n) is 8.47. The highest BCUT2D eigenvalue weighted by Crippen LogP contribution is 2.25. The van der Waals surface area contributed by atoms with Crippen LogP contribution < -0.4 is 9.47 Å². The minimum Gasteiger partial charge on any atom is -0.493 e. The third-order valence-electron chi connectivity index (χ3n) is 3.39. The van der Waals surface area contributed by atoms with Gasteiger partial charge in [0.1, 0.15) is 0 Å². The Balaban J connectivity index is 2.41. The number of methoxy groups -OCH3 is 1. The maximum atomic E-state index is 12.4. The first kappa shape index (κ1) is 19.3. The lowest BCUT2D eigenvalue weighted by molar-refractivity contribution is -0.132. The number of carbonyl (C=O) groups excluding carboxylic acids is 1. The van der Waals surface area contributed by atoms with Crippen molar-refractivity contribution in [3.8, 4) is 11.5 Å². The molecular formula is C19H31NO3. The Labute approximate surface area is 140 Å². The molecule has 0 aliphatic heterocycles. The second-order valence-corrected chi connectivity index (χ2v) is 6.69. The van der Waals surface area contributed by atoms with Gasteiger partial charge in [0.25, 0.3) is 0 Å². The summed E-state index contributed by atoms with van der Waals surface area (Å²) in [6.45, 7) is 10.7. The molecule has 0 radical (unpaired) electrons. The van der Waals surface area contributed by atoms with Crippen LogP contribution in [0.1, 0.15) is 40.5 Å². The van der Waals surface area contributed by atoms with Crippen molar-refractivity contribution in [2.45, 2.75) is 40.5 Å². The van der Waals surface area contributed by atoms with Crippen molar-refractivity contribution >= 4 is 5.91 Å². The van der Waals surface area contributed by atoms with E-state index in [1.54, 1.807) is 7.11 Å². The van der Waals surface area contributed by atoms with E-state index in [0.29, 0.717) is 31.3 Å². The second-order valence-electron chi connectivity index (χ2n) is 6.69. The maximum Gasteiger partial charge on any atom is 0.222 e. The number of hydrogen-bond acceptors (Lipinski definition) is 3. The first-order chi connectivity index (χ1) is 10.9. The van der Waals surface area contributed by atoms with Gasteiger partial charge in [0, 0.05) is 19.5 Å². The fraction of sp³-hybridized carbons (Fsp3) is 0.632. The van der Waals surface area contributed by atoms with E-state index >= 15 is 0 Å². The fourth-order valence-electron chi connectivity index (χ4n) is 2.46. The monoisotopic (exact) mass is 321 g/mol. The molecule has 4 nitrogen and oxygen atoms in total. The summed E-state index contributed by atoms with van der Waals surface area (Å²) in [4.78, 5) is 14.4. The highest BCUT2D eigenvalue weighted by molar-refractivity contribution is 5.76. The Bertz CT molecular complexity index is 461. The molecular weight excluding hydrogens is 290 g/mol. The summed E-state index contributed by atoms with van der Waals surface area (Å²) >= 11 is 0. The van der Waals surface area contributed by atoms with Crippen LogP contribution in [0.25, 0.3) is 0 Å². The Morgan fingerprint density at radius 1 is 1.04 bits per heavy atom. The summed E-state index contributed by atoms with van der Waals surface area (Å²) in [6, 6.07) is 7.57. The Kier molecular flexibility index (Phi) is 8.52. The predicted molar refractivity (Wildman–Crippen MR) is 94.0 cm³/mol. The molecule has 0 saturated heterocycles. The molecule has 1 rings (SSSR count). The van der Waals surface area contributed by atoms with E-state index in [-0.39, 0.29) is 5.91 Å². The molecule has 0 aliphatic rings. The Hall–Kier alpha value is -1.71. The van der Waals surface area contributed by atoms with Crippen LogP contribution in [0.15, 0.2) is 24.3 Å². The van der Waals surface area contributed by atoms with E-state index in [4.69, 9.17) is 9.47 Å². The summed E-state index contributed by atoms with van der Waals surface area (Å²) in [6.07, 6.45) is 1.23. The number of ether oxygens (including phenoxy) is 2. The van der Waals surface area contributed by atoms with Gasteiger partial charge in [-0.3, -0.25) is 4.79 Å². The minimum atomic E-state index is 0.219. The van der Waals surface area contributed by atoms with Crippen LogP contribution >= 0.6 is 0 Å². The Morgan fingerprint density at radius 2 is 1.61 bits per heavy atom. The molecule has 4 heteroatoms. The molecule has 0 N–H and O–H groups in total. The molecule has 0 unspecified atom stereocenters. The van der Waals surface area contributed by atoms with Crippen molar-refractivity contribution in [1.29, 1.82) is 0 Å². The molecule has 1 aromatic carbocycles. The lowest BCUT2D eigenvalue weighted by Gasteiger charge is -2.26. The van der Waals surface area contributed by atoms with Crippen LogP contribution in [0.5, 0.6) is 11.5 Å². The number of rotatable bonds is 10. The molecule has 0 fully saturated rings. The van der Waals surface area contributed by atoms with E-state index in [9.17, 15) is 4.79 Å². The van der Waals surface area contributed by atoms with E-state index in [1.807, 2.05) is 29.2 Å². The van der Waals surface area contributed by atoms with Gasteiger partial charge in [0.15, 0.2) is 11.5 Å². The first-order valence-corrected chi connectivity index (χ1v) is 8.47. The molecule has 0 bridgehead atoms. The van der Waals surface area contributed by atoms with Gasteiger partial charge >= 0.3 is 0 Å². The normalized spacial score (nSPS) is 10.9. The molecule has 0 heterocycles. The van der Waals surface area contributed by atoms with E-state index in [1.165, 1.54) is 0 Å². The van der Waals surface area contributed by atoms with Crippen molar-refractivity contribution in [1.82, 2.24) is 4.90 Å². The Morgan fingerprint density at radius 3 is 2.13 bits per heavy atom. The van der Waals surface area contributed by atoms with Crippen molar-refractivity contribution in [2.75, 3.05) is 26.8 Å². The average molecular weight is 321 g/mol. The van der Waals surface area contributed by atoms with Crippen LogP contribution in [-0.4, -0.2) is 37.6 Å². The smallest absolute Gasteiger partial charge is 0.222 e. The van der Waals surface area contributed by atoms with Crippen LogP contribution in [-0.2, 0) is 4.79 Å². The zero-order valence-electron chi connectivity index (χ0n) is 15.2. The molecule has 1 aromatic rings. The van der Waals surface area contributed by atoms with Crippen LogP contribution in [0.2, 0.25) is 0 Å². The summed E-state index contributed by atoms with van der Waals surface area (Å²) in [5, 5.41) is 0. The molecule has 23 heavy (non-hydrogen) atoms.